The van der Waals surface area contributed by atoms with Crippen LogP contribution >= 0.6 is 0 Å². The van der Waals surface area contributed by atoms with Gasteiger partial charge in [0.15, 0.2) is 0 Å². The smallest absolute Gasteiger partial charge is 0.0389 e. The van der Waals surface area contributed by atoms with Crippen LogP contribution in [0.2, 0.25) is 0 Å². The first-order valence-corrected chi connectivity index (χ1v) is 6.70. The largest absolute Gasteiger partial charge is 0.330 e. The molecule has 1 aromatic heterocycles. The second-order valence-electron chi connectivity index (χ2n) is 4.85. The maximum Gasteiger partial charge on any atom is 0.0389 e. The Kier molecular flexibility index (Phi) is 4.51. The van der Waals surface area contributed by atoms with Gasteiger partial charge in [-0.25, -0.2) is 0 Å². The molecule has 0 amide bonds. The molecule has 3 nitrogen and oxygen atoms in total. The maximum absolute atomic E-state index is 5.98. The Labute approximate surface area is 104 Å². The van der Waals surface area contributed by atoms with E-state index in [9.17, 15) is 0 Å². The van der Waals surface area contributed by atoms with Crippen molar-refractivity contribution in [1.82, 2.24) is 9.88 Å². The lowest BCUT2D eigenvalue weighted by molar-refractivity contribution is 0.166. The van der Waals surface area contributed by atoms with Crippen LogP contribution in [0.15, 0.2) is 24.5 Å². The average Bonchev–Trinajstić information content (AvgIpc) is 2.61. The standard InChI is InChI=1S/C14H23N3/c1-2-17-10-4-3-5-13(11-15)14(17)12-6-8-16-9-7-12/h6-9,13-14H,2-5,10-11,15H2,1H3. The van der Waals surface area contributed by atoms with Crippen LogP contribution in [0.25, 0.3) is 0 Å². The predicted molar refractivity (Wildman–Crippen MR) is 70.6 cm³/mol. The monoisotopic (exact) mass is 233 g/mol. The van der Waals surface area contributed by atoms with E-state index in [-0.39, 0.29) is 0 Å². The molecule has 0 spiro atoms. The second kappa shape index (κ2) is 6.12. The average molecular weight is 233 g/mol. The Morgan fingerprint density at radius 3 is 2.76 bits per heavy atom. The fraction of sp³-hybridized carbons (Fsp3) is 0.643. The number of likely N-dealkylation sites (tertiary alicyclic amines) is 1. The summed E-state index contributed by atoms with van der Waals surface area (Å²) in [6, 6.07) is 4.76. The van der Waals surface area contributed by atoms with E-state index in [0.29, 0.717) is 12.0 Å². The number of hydrogen-bond acceptors (Lipinski definition) is 3. The lowest BCUT2D eigenvalue weighted by Gasteiger charge is -2.34. The van der Waals surface area contributed by atoms with Gasteiger partial charge in [0.2, 0.25) is 0 Å². The van der Waals surface area contributed by atoms with Gasteiger partial charge in [-0.3, -0.25) is 9.88 Å². The van der Waals surface area contributed by atoms with E-state index in [1.165, 1.54) is 31.4 Å². The van der Waals surface area contributed by atoms with Crippen LogP contribution in [0.5, 0.6) is 0 Å². The number of nitrogens with two attached hydrogens (primary N) is 1. The molecule has 3 heteroatoms. The third kappa shape index (κ3) is 2.85. The quantitative estimate of drug-likeness (QED) is 0.870. The van der Waals surface area contributed by atoms with Crippen molar-refractivity contribution in [2.75, 3.05) is 19.6 Å². The van der Waals surface area contributed by atoms with Gasteiger partial charge in [-0.05, 0) is 56.1 Å². The molecule has 0 saturated carbocycles. The Morgan fingerprint density at radius 2 is 2.12 bits per heavy atom. The van der Waals surface area contributed by atoms with Gasteiger partial charge < -0.3 is 5.73 Å². The summed E-state index contributed by atoms with van der Waals surface area (Å²) in [6.45, 7) is 5.32. The van der Waals surface area contributed by atoms with Crippen molar-refractivity contribution in [3.05, 3.63) is 30.1 Å². The van der Waals surface area contributed by atoms with Crippen molar-refractivity contribution in [3.8, 4) is 0 Å². The van der Waals surface area contributed by atoms with Crippen LogP contribution in [-0.2, 0) is 0 Å². The molecule has 0 bridgehead atoms. The molecule has 1 aliphatic heterocycles. The lowest BCUT2D eigenvalue weighted by atomic mass is 9.90. The highest BCUT2D eigenvalue weighted by atomic mass is 15.2. The topological polar surface area (TPSA) is 42.1 Å². The van der Waals surface area contributed by atoms with Crippen molar-refractivity contribution in [1.29, 1.82) is 0 Å². The molecule has 1 aliphatic rings. The van der Waals surface area contributed by atoms with E-state index in [2.05, 4.69) is 28.9 Å². The van der Waals surface area contributed by atoms with Crippen LogP contribution in [-0.4, -0.2) is 29.5 Å². The zero-order chi connectivity index (χ0) is 12.1. The molecule has 1 saturated heterocycles. The second-order valence-corrected chi connectivity index (χ2v) is 4.85. The number of aromatic nitrogens is 1. The summed E-state index contributed by atoms with van der Waals surface area (Å²) >= 11 is 0. The third-order valence-corrected chi connectivity index (χ3v) is 3.87. The summed E-state index contributed by atoms with van der Waals surface area (Å²) in [5.41, 5.74) is 7.35. The van der Waals surface area contributed by atoms with Gasteiger partial charge in [0.25, 0.3) is 0 Å². The molecule has 1 aromatic rings. The molecule has 0 aliphatic carbocycles. The fourth-order valence-electron chi connectivity index (χ4n) is 2.96. The Bertz CT molecular complexity index is 311. The highest BCUT2D eigenvalue weighted by Gasteiger charge is 2.29. The van der Waals surface area contributed by atoms with Crippen molar-refractivity contribution < 1.29 is 0 Å². The number of pyridine rings is 1. The Balaban J connectivity index is 2.28. The molecule has 17 heavy (non-hydrogen) atoms. The first-order valence-electron chi connectivity index (χ1n) is 6.70. The predicted octanol–water partition coefficient (Wildman–Crippen LogP) is 2.20. The van der Waals surface area contributed by atoms with Gasteiger partial charge in [-0.1, -0.05) is 13.3 Å². The van der Waals surface area contributed by atoms with Crippen molar-refractivity contribution >= 4 is 0 Å². The van der Waals surface area contributed by atoms with E-state index in [4.69, 9.17) is 5.73 Å². The van der Waals surface area contributed by atoms with Crippen LogP contribution < -0.4 is 5.73 Å². The van der Waals surface area contributed by atoms with Crippen molar-refractivity contribution in [2.24, 2.45) is 11.7 Å². The van der Waals surface area contributed by atoms with Crippen LogP contribution in [0.1, 0.15) is 37.8 Å². The van der Waals surface area contributed by atoms with Gasteiger partial charge >= 0.3 is 0 Å². The maximum atomic E-state index is 5.98. The minimum Gasteiger partial charge on any atom is -0.330 e. The molecule has 1 fully saturated rings. The molecule has 2 unspecified atom stereocenters. The number of hydrogen-bond donors (Lipinski definition) is 1. The summed E-state index contributed by atoms with van der Waals surface area (Å²) in [6.07, 6.45) is 7.63. The summed E-state index contributed by atoms with van der Waals surface area (Å²) in [5, 5.41) is 0. The lowest BCUT2D eigenvalue weighted by Crippen LogP contribution is -2.35. The van der Waals surface area contributed by atoms with Gasteiger partial charge in [0.1, 0.15) is 0 Å². The molecule has 2 rings (SSSR count). The van der Waals surface area contributed by atoms with Gasteiger partial charge in [0, 0.05) is 18.4 Å². The zero-order valence-electron chi connectivity index (χ0n) is 10.7. The number of rotatable bonds is 3. The van der Waals surface area contributed by atoms with Gasteiger partial charge in [-0.15, -0.1) is 0 Å². The third-order valence-electron chi connectivity index (χ3n) is 3.87. The molecular weight excluding hydrogens is 210 g/mol. The highest BCUT2D eigenvalue weighted by Crippen LogP contribution is 2.33. The summed E-state index contributed by atoms with van der Waals surface area (Å²) < 4.78 is 0. The van der Waals surface area contributed by atoms with Gasteiger partial charge in [-0.2, -0.15) is 0 Å². The molecular formula is C14H23N3. The summed E-state index contributed by atoms with van der Waals surface area (Å²) in [4.78, 5) is 6.68. The first kappa shape index (κ1) is 12.5. The van der Waals surface area contributed by atoms with Crippen LogP contribution in [0.4, 0.5) is 0 Å². The highest BCUT2D eigenvalue weighted by molar-refractivity contribution is 5.17. The van der Waals surface area contributed by atoms with Crippen LogP contribution in [0.3, 0.4) is 0 Å². The molecule has 0 aromatic carbocycles. The van der Waals surface area contributed by atoms with E-state index in [1.807, 2.05) is 12.4 Å². The Morgan fingerprint density at radius 1 is 1.35 bits per heavy atom. The van der Waals surface area contributed by atoms with E-state index in [0.717, 1.165) is 13.1 Å². The van der Waals surface area contributed by atoms with Gasteiger partial charge in [0.05, 0.1) is 0 Å². The summed E-state index contributed by atoms with van der Waals surface area (Å²) in [7, 11) is 0. The van der Waals surface area contributed by atoms with Crippen molar-refractivity contribution in [3.63, 3.8) is 0 Å². The minimum absolute atomic E-state index is 0.482. The SMILES string of the molecule is CCN1CCCCC(CN)C1c1ccncc1. The molecule has 2 N–H and O–H groups in total. The van der Waals surface area contributed by atoms with E-state index >= 15 is 0 Å². The first-order chi connectivity index (χ1) is 8.36. The number of nitrogens with zero attached hydrogens (tertiary/aromatic N) is 2. The fourth-order valence-corrected chi connectivity index (χ4v) is 2.96. The Hall–Kier alpha value is -0.930. The van der Waals surface area contributed by atoms with Crippen LogP contribution in [0, 0.1) is 5.92 Å². The van der Waals surface area contributed by atoms with E-state index in [1.54, 1.807) is 0 Å². The normalized spacial score (nSPS) is 26.7. The zero-order valence-corrected chi connectivity index (χ0v) is 10.7. The summed E-state index contributed by atoms with van der Waals surface area (Å²) in [5.74, 6) is 0.583. The molecule has 0 radical (unpaired) electrons. The minimum atomic E-state index is 0.482. The van der Waals surface area contributed by atoms with E-state index < -0.39 is 0 Å². The molecule has 2 atom stereocenters. The van der Waals surface area contributed by atoms with Crippen molar-refractivity contribution in [2.45, 2.75) is 32.2 Å². The molecule has 94 valence electrons. The molecule has 2 heterocycles.